The van der Waals surface area contributed by atoms with E-state index in [1.807, 2.05) is 12.1 Å². The number of fused-ring (bicyclic) bond motifs is 1. The second-order valence-corrected chi connectivity index (χ2v) is 5.22. The maximum Gasteiger partial charge on any atom is 0.213 e. The highest BCUT2D eigenvalue weighted by molar-refractivity contribution is 5.66. The summed E-state index contributed by atoms with van der Waals surface area (Å²) in [6, 6.07) is 3.64. The summed E-state index contributed by atoms with van der Waals surface area (Å²) in [7, 11) is 0. The van der Waals surface area contributed by atoms with Crippen molar-refractivity contribution in [2.24, 2.45) is 11.7 Å². The standard InChI is InChI=1S/C14H19N3O/c15-11(9-10-5-2-1-3-6-10)14-17-13-12(18-14)7-4-8-16-13/h4,7-8,10-11H,1-3,5-6,9,15H2. The summed E-state index contributed by atoms with van der Waals surface area (Å²) >= 11 is 0. The molecule has 2 N–H and O–H groups in total. The van der Waals surface area contributed by atoms with E-state index in [0.717, 1.165) is 17.9 Å². The summed E-state index contributed by atoms with van der Waals surface area (Å²) in [4.78, 5) is 8.55. The third kappa shape index (κ3) is 2.38. The number of nitrogens with two attached hydrogens (primary N) is 1. The molecule has 0 spiro atoms. The van der Waals surface area contributed by atoms with E-state index in [-0.39, 0.29) is 6.04 Å². The van der Waals surface area contributed by atoms with Crippen LogP contribution >= 0.6 is 0 Å². The molecule has 1 saturated carbocycles. The predicted octanol–water partition coefficient (Wildman–Crippen LogP) is 3.19. The number of rotatable bonds is 3. The normalized spacial score (nSPS) is 19.2. The van der Waals surface area contributed by atoms with Crippen LogP contribution in [0.3, 0.4) is 0 Å². The van der Waals surface area contributed by atoms with Crippen LogP contribution in [0.5, 0.6) is 0 Å². The minimum absolute atomic E-state index is 0.0951. The lowest BCUT2D eigenvalue weighted by Gasteiger charge is -2.23. The number of nitrogens with zero attached hydrogens (tertiary/aromatic N) is 2. The van der Waals surface area contributed by atoms with Gasteiger partial charge in [-0.25, -0.2) is 4.98 Å². The van der Waals surface area contributed by atoms with Gasteiger partial charge in [0, 0.05) is 6.20 Å². The van der Waals surface area contributed by atoms with Crippen molar-refractivity contribution in [3.05, 3.63) is 24.2 Å². The molecule has 1 unspecified atom stereocenters. The van der Waals surface area contributed by atoms with Gasteiger partial charge in [0.25, 0.3) is 0 Å². The predicted molar refractivity (Wildman–Crippen MR) is 69.9 cm³/mol. The molecule has 1 atom stereocenters. The Bertz CT molecular complexity index is 483. The zero-order valence-corrected chi connectivity index (χ0v) is 10.5. The molecule has 2 heterocycles. The second kappa shape index (κ2) is 5.06. The maximum atomic E-state index is 6.21. The van der Waals surface area contributed by atoms with Gasteiger partial charge < -0.3 is 10.2 Å². The SMILES string of the molecule is NC(CC1CCCCC1)c1nc2ncccc2o1. The van der Waals surface area contributed by atoms with Crippen LogP contribution in [-0.2, 0) is 0 Å². The lowest BCUT2D eigenvalue weighted by Crippen LogP contribution is -2.17. The molecule has 96 valence electrons. The molecule has 0 radical (unpaired) electrons. The largest absolute Gasteiger partial charge is 0.437 e. The fourth-order valence-electron chi connectivity index (χ4n) is 2.83. The Morgan fingerprint density at radius 2 is 2.17 bits per heavy atom. The minimum atomic E-state index is -0.0951. The van der Waals surface area contributed by atoms with E-state index in [1.54, 1.807) is 6.20 Å². The van der Waals surface area contributed by atoms with Crippen LogP contribution in [-0.4, -0.2) is 9.97 Å². The van der Waals surface area contributed by atoms with Crippen LogP contribution < -0.4 is 5.73 Å². The Balaban J connectivity index is 1.72. The first-order valence-corrected chi connectivity index (χ1v) is 6.80. The Kier molecular flexibility index (Phi) is 3.28. The van der Waals surface area contributed by atoms with Gasteiger partial charge in [-0.1, -0.05) is 32.1 Å². The first-order chi connectivity index (χ1) is 8.83. The number of aromatic nitrogens is 2. The third-order valence-electron chi connectivity index (χ3n) is 3.81. The smallest absolute Gasteiger partial charge is 0.213 e. The molecule has 18 heavy (non-hydrogen) atoms. The highest BCUT2D eigenvalue weighted by Crippen LogP contribution is 2.31. The monoisotopic (exact) mass is 245 g/mol. The number of pyridine rings is 1. The molecule has 4 heteroatoms. The van der Waals surface area contributed by atoms with Crippen molar-refractivity contribution in [2.45, 2.75) is 44.6 Å². The first kappa shape index (κ1) is 11.7. The van der Waals surface area contributed by atoms with E-state index in [2.05, 4.69) is 9.97 Å². The molecule has 0 aromatic carbocycles. The van der Waals surface area contributed by atoms with Crippen molar-refractivity contribution in [1.82, 2.24) is 9.97 Å². The van der Waals surface area contributed by atoms with Gasteiger partial charge in [-0.2, -0.15) is 4.98 Å². The van der Waals surface area contributed by atoms with Gasteiger partial charge in [-0.3, -0.25) is 0 Å². The molecule has 0 bridgehead atoms. The van der Waals surface area contributed by atoms with Crippen molar-refractivity contribution >= 4 is 11.2 Å². The lowest BCUT2D eigenvalue weighted by atomic mass is 9.85. The fourth-order valence-corrected chi connectivity index (χ4v) is 2.83. The van der Waals surface area contributed by atoms with E-state index in [1.165, 1.54) is 32.1 Å². The zero-order valence-electron chi connectivity index (χ0n) is 10.5. The molecule has 0 amide bonds. The van der Waals surface area contributed by atoms with Gasteiger partial charge in [0.05, 0.1) is 6.04 Å². The van der Waals surface area contributed by atoms with E-state index in [4.69, 9.17) is 10.2 Å². The minimum Gasteiger partial charge on any atom is -0.437 e. The summed E-state index contributed by atoms with van der Waals surface area (Å²) in [6.45, 7) is 0. The van der Waals surface area contributed by atoms with Gasteiger partial charge in [0.1, 0.15) is 0 Å². The Labute approximate surface area is 107 Å². The van der Waals surface area contributed by atoms with E-state index in [0.29, 0.717) is 11.5 Å². The lowest BCUT2D eigenvalue weighted by molar-refractivity contribution is 0.303. The van der Waals surface area contributed by atoms with Crippen LogP contribution in [0.2, 0.25) is 0 Å². The van der Waals surface area contributed by atoms with Gasteiger partial charge in [0.15, 0.2) is 11.2 Å². The average molecular weight is 245 g/mol. The molecular formula is C14H19N3O. The van der Waals surface area contributed by atoms with Crippen molar-refractivity contribution in [3.63, 3.8) is 0 Å². The van der Waals surface area contributed by atoms with E-state index >= 15 is 0 Å². The first-order valence-electron chi connectivity index (χ1n) is 6.80. The second-order valence-electron chi connectivity index (χ2n) is 5.22. The van der Waals surface area contributed by atoms with Crippen LogP contribution in [0.15, 0.2) is 22.7 Å². The molecule has 1 fully saturated rings. The Morgan fingerprint density at radius 3 is 2.94 bits per heavy atom. The molecule has 0 saturated heterocycles. The quantitative estimate of drug-likeness (QED) is 0.901. The van der Waals surface area contributed by atoms with Crippen molar-refractivity contribution in [3.8, 4) is 0 Å². The molecule has 1 aliphatic carbocycles. The summed E-state index contributed by atoms with van der Waals surface area (Å²) in [5, 5.41) is 0. The third-order valence-corrected chi connectivity index (χ3v) is 3.81. The molecule has 2 aromatic rings. The summed E-state index contributed by atoms with van der Waals surface area (Å²) in [6.07, 6.45) is 9.35. The van der Waals surface area contributed by atoms with Crippen LogP contribution in [0.25, 0.3) is 11.2 Å². The van der Waals surface area contributed by atoms with Crippen molar-refractivity contribution < 1.29 is 4.42 Å². The zero-order chi connectivity index (χ0) is 12.4. The van der Waals surface area contributed by atoms with Gasteiger partial charge in [0.2, 0.25) is 5.89 Å². The highest BCUT2D eigenvalue weighted by atomic mass is 16.3. The maximum absolute atomic E-state index is 6.21. The van der Waals surface area contributed by atoms with Crippen molar-refractivity contribution in [1.29, 1.82) is 0 Å². The number of oxazole rings is 1. The fraction of sp³-hybridized carbons (Fsp3) is 0.571. The van der Waals surface area contributed by atoms with Crippen LogP contribution in [0.4, 0.5) is 0 Å². The van der Waals surface area contributed by atoms with Gasteiger partial charge in [-0.05, 0) is 24.5 Å². The summed E-state index contributed by atoms with van der Waals surface area (Å²) in [5.41, 5.74) is 7.59. The Morgan fingerprint density at radius 1 is 1.33 bits per heavy atom. The topological polar surface area (TPSA) is 64.9 Å². The molecule has 1 aliphatic rings. The average Bonchev–Trinajstić information content (AvgIpc) is 2.84. The molecular weight excluding hydrogens is 226 g/mol. The summed E-state index contributed by atoms with van der Waals surface area (Å²) < 4.78 is 5.67. The van der Waals surface area contributed by atoms with Crippen molar-refractivity contribution in [2.75, 3.05) is 0 Å². The van der Waals surface area contributed by atoms with Crippen LogP contribution in [0, 0.1) is 5.92 Å². The summed E-state index contributed by atoms with van der Waals surface area (Å²) in [5.74, 6) is 1.37. The van der Waals surface area contributed by atoms with Gasteiger partial charge in [-0.15, -0.1) is 0 Å². The highest BCUT2D eigenvalue weighted by Gasteiger charge is 2.21. The molecule has 0 aliphatic heterocycles. The van der Waals surface area contributed by atoms with E-state index in [9.17, 15) is 0 Å². The molecule has 2 aromatic heterocycles. The van der Waals surface area contributed by atoms with E-state index < -0.39 is 0 Å². The van der Waals surface area contributed by atoms with Gasteiger partial charge >= 0.3 is 0 Å². The van der Waals surface area contributed by atoms with Crippen LogP contribution in [0.1, 0.15) is 50.5 Å². The molecule has 4 nitrogen and oxygen atoms in total. The Hall–Kier alpha value is -1.42. The number of hydrogen-bond acceptors (Lipinski definition) is 4. The number of hydrogen-bond donors (Lipinski definition) is 1. The molecule has 3 rings (SSSR count).